The fraction of sp³-hybridized carbons (Fsp3) is 0.318. The second-order valence-corrected chi connectivity index (χ2v) is 7.83. The van der Waals surface area contributed by atoms with Crippen LogP contribution in [0.1, 0.15) is 24.0 Å². The Kier molecular flexibility index (Phi) is 7.37. The third-order valence-corrected chi connectivity index (χ3v) is 5.30. The Morgan fingerprint density at radius 3 is 2.57 bits per heavy atom. The van der Waals surface area contributed by atoms with Crippen LogP contribution in [0.15, 0.2) is 48.5 Å². The van der Waals surface area contributed by atoms with Crippen LogP contribution in [0, 0.1) is 0 Å². The number of amides is 1. The van der Waals surface area contributed by atoms with Gasteiger partial charge in [-0.25, -0.2) is 0 Å². The first-order valence-corrected chi connectivity index (χ1v) is 10.1. The Bertz CT molecular complexity index is 829. The van der Waals surface area contributed by atoms with Crippen LogP contribution in [0.5, 0.6) is 5.75 Å². The van der Waals surface area contributed by atoms with Gasteiger partial charge < -0.3 is 15.0 Å². The van der Waals surface area contributed by atoms with Crippen molar-refractivity contribution in [3.63, 3.8) is 0 Å². The summed E-state index contributed by atoms with van der Waals surface area (Å²) in [5.74, 6) is 0.694. The van der Waals surface area contributed by atoms with Crippen LogP contribution in [-0.2, 0) is 11.3 Å². The van der Waals surface area contributed by atoms with Crippen molar-refractivity contribution in [2.24, 2.45) is 0 Å². The highest BCUT2D eigenvalue weighted by atomic mass is 35.5. The Balaban J connectivity index is 1.46. The van der Waals surface area contributed by atoms with E-state index in [9.17, 15) is 4.79 Å². The van der Waals surface area contributed by atoms with E-state index >= 15 is 0 Å². The number of carbonyl (C=O) groups is 1. The van der Waals surface area contributed by atoms with Crippen molar-refractivity contribution in [1.29, 1.82) is 0 Å². The Morgan fingerprint density at radius 1 is 1.18 bits per heavy atom. The summed E-state index contributed by atoms with van der Waals surface area (Å²) in [6.45, 7) is 2.60. The van der Waals surface area contributed by atoms with E-state index in [1.165, 1.54) is 6.08 Å². The summed E-state index contributed by atoms with van der Waals surface area (Å²) in [6, 6.07) is 13.0. The molecule has 28 heavy (non-hydrogen) atoms. The Hall–Kier alpha value is -2.01. The molecule has 1 heterocycles. The van der Waals surface area contributed by atoms with Crippen molar-refractivity contribution < 1.29 is 9.53 Å². The SMILES string of the molecule is CN1CCC(Oc2ccc(CNC(=O)/C=C/c3ccc(Cl)cc3Cl)cc2)CC1. The summed E-state index contributed by atoms with van der Waals surface area (Å²) >= 11 is 12.0. The average Bonchev–Trinajstić information content (AvgIpc) is 2.68. The first-order chi connectivity index (χ1) is 13.5. The summed E-state index contributed by atoms with van der Waals surface area (Å²) in [7, 11) is 2.14. The van der Waals surface area contributed by atoms with Gasteiger partial charge in [0.15, 0.2) is 0 Å². The normalized spacial score (nSPS) is 15.7. The number of halogens is 2. The van der Waals surface area contributed by atoms with Gasteiger partial charge in [0.25, 0.3) is 0 Å². The zero-order chi connectivity index (χ0) is 19.9. The minimum atomic E-state index is -0.183. The number of benzene rings is 2. The number of piperidine rings is 1. The minimum absolute atomic E-state index is 0.183. The molecule has 1 N–H and O–H groups in total. The summed E-state index contributed by atoms with van der Waals surface area (Å²) in [5, 5.41) is 3.94. The summed E-state index contributed by atoms with van der Waals surface area (Å²) in [6.07, 6.45) is 5.53. The van der Waals surface area contributed by atoms with Gasteiger partial charge in [-0.3, -0.25) is 4.79 Å². The molecule has 0 atom stereocenters. The van der Waals surface area contributed by atoms with E-state index < -0.39 is 0 Å². The second-order valence-electron chi connectivity index (χ2n) is 6.98. The highest BCUT2D eigenvalue weighted by molar-refractivity contribution is 6.35. The van der Waals surface area contributed by atoms with Gasteiger partial charge in [-0.1, -0.05) is 41.4 Å². The first-order valence-electron chi connectivity index (χ1n) is 9.35. The lowest BCUT2D eigenvalue weighted by Crippen LogP contribution is -2.35. The van der Waals surface area contributed by atoms with Crippen LogP contribution in [0.4, 0.5) is 0 Å². The molecule has 1 fully saturated rings. The molecule has 1 aliphatic heterocycles. The van der Waals surface area contributed by atoms with Crippen LogP contribution in [0.2, 0.25) is 10.0 Å². The zero-order valence-corrected chi connectivity index (χ0v) is 17.3. The molecular weight excluding hydrogens is 395 g/mol. The molecule has 0 radical (unpaired) electrons. The zero-order valence-electron chi connectivity index (χ0n) is 15.8. The number of nitrogens with zero attached hydrogens (tertiary/aromatic N) is 1. The van der Waals surface area contributed by atoms with Crippen molar-refractivity contribution in [1.82, 2.24) is 10.2 Å². The number of nitrogens with one attached hydrogen (secondary N) is 1. The Morgan fingerprint density at radius 2 is 1.89 bits per heavy atom. The van der Waals surface area contributed by atoms with E-state index in [4.69, 9.17) is 27.9 Å². The highest BCUT2D eigenvalue weighted by Gasteiger charge is 2.17. The van der Waals surface area contributed by atoms with Gasteiger partial charge in [0.1, 0.15) is 11.9 Å². The molecule has 0 unspecified atom stereocenters. The van der Waals surface area contributed by atoms with Crippen molar-refractivity contribution in [3.05, 3.63) is 69.7 Å². The number of hydrogen-bond acceptors (Lipinski definition) is 3. The van der Waals surface area contributed by atoms with Crippen LogP contribution in [0.3, 0.4) is 0 Å². The smallest absolute Gasteiger partial charge is 0.244 e. The van der Waals surface area contributed by atoms with E-state index in [1.807, 2.05) is 24.3 Å². The fourth-order valence-corrected chi connectivity index (χ4v) is 3.50. The Labute approximate surface area is 176 Å². The monoisotopic (exact) mass is 418 g/mol. The van der Waals surface area contributed by atoms with Gasteiger partial charge in [-0.15, -0.1) is 0 Å². The maximum absolute atomic E-state index is 12.0. The molecule has 0 spiro atoms. The van der Waals surface area contributed by atoms with Gasteiger partial charge in [-0.2, -0.15) is 0 Å². The standard InChI is InChI=1S/C22H24Cl2N2O2/c1-26-12-10-20(11-13-26)28-19-7-2-16(3-8-19)15-25-22(27)9-5-17-4-6-18(23)14-21(17)24/h2-9,14,20H,10-13,15H2,1H3,(H,25,27)/b9-5+. The predicted octanol–water partition coefficient (Wildman–Crippen LogP) is 4.80. The maximum Gasteiger partial charge on any atom is 0.244 e. The molecule has 1 saturated heterocycles. The molecule has 3 rings (SSSR count). The number of hydrogen-bond donors (Lipinski definition) is 1. The second kappa shape index (κ2) is 9.97. The van der Waals surface area contributed by atoms with Crippen molar-refractivity contribution in [2.75, 3.05) is 20.1 Å². The molecule has 148 valence electrons. The largest absolute Gasteiger partial charge is 0.490 e. The molecule has 0 bridgehead atoms. The topological polar surface area (TPSA) is 41.6 Å². The van der Waals surface area contributed by atoms with E-state index in [1.54, 1.807) is 24.3 Å². The summed E-state index contributed by atoms with van der Waals surface area (Å²) in [4.78, 5) is 14.3. The lowest BCUT2D eigenvalue weighted by Gasteiger charge is -2.29. The van der Waals surface area contributed by atoms with Crippen LogP contribution >= 0.6 is 23.2 Å². The molecule has 2 aromatic carbocycles. The molecule has 0 saturated carbocycles. The highest BCUT2D eigenvalue weighted by Crippen LogP contribution is 2.22. The number of carbonyl (C=O) groups excluding carboxylic acids is 1. The van der Waals surface area contributed by atoms with Gasteiger partial charge in [0.05, 0.1) is 0 Å². The molecule has 2 aromatic rings. The van der Waals surface area contributed by atoms with Crippen LogP contribution in [0.25, 0.3) is 6.08 Å². The maximum atomic E-state index is 12.0. The van der Waals surface area contributed by atoms with E-state index in [-0.39, 0.29) is 12.0 Å². The first kappa shape index (κ1) is 20.7. The average molecular weight is 419 g/mol. The third kappa shape index (κ3) is 6.26. The van der Waals surface area contributed by atoms with E-state index in [0.717, 1.165) is 42.8 Å². The molecule has 1 amide bonds. The fourth-order valence-electron chi connectivity index (χ4n) is 3.03. The molecule has 4 nitrogen and oxygen atoms in total. The van der Waals surface area contributed by atoms with Gasteiger partial charge in [0.2, 0.25) is 5.91 Å². The number of ether oxygens (including phenoxy) is 1. The molecular formula is C22H24Cl2N2O2. The lowest BCUT2D eigenvalue weighted by atomic mass is 10.1. The molecule has 0 aliphatic carbocycles. The molecule has 0 aromatic heterocycles. The van der Waals surface area contributed by atoms with Crippen molar-refractivity contribution in [2.45, 2.75) is 25.5 Å². The van der Waals surface area contributed by atoms with E-state index in [2.05, 4.69) is 17.3 Å². The summed E-state index contributed by atoms with van der Waals surface area (Å²) in [5.41, 5.74) is 1.76. The van der Waals surface area contributed by atoms with Gasteiger partial charge in [0, 0.05) is 35.8 Å². The van der Waals surface area contributed by atoms with Gasteiger partial charge in [-0.05, 0) is 61.4 Å². The number of likely N-dealkylation sites (tertiary alicyclic amines) is 1. The van der Waals surface area contributed by atoms with Crippen molar-refractivity contribution >= 4 is 35.2 Å². The van der Waals surface area contributed by atoms with Crippen molar-refractivity contribution in [3.8, 4) is 5.75 Å². The minimum Gasteiger partial charge on any atom is -0.490 e. The lowest BCUT2D eigenvalue weighted by molar-refractivity contribution is -0.116. The molecule has 1 aliphatic rings. The van der Waals surface area contributed by atoms with Crippen LogP contribution < -0.4 is 10.1 Å². The van der Waals surface area contributed by atoms with Gasteiger partial charge >= 0.3 is 0 Å². The third-order valence-electron chi connectivity index (χ3n) is 4.74. The number of rotatable bonds is 6. The quantitative estimate of drug-likeness (QED) is 0.685. The van der Waals surface area contributed by atoms with E-state index in [0.29, 0.717) is 16.6 Å². The summed E-state index contributed by atoms with van der Waals surface area (Å²) < 4.78 is 6.04. The predicted molar refractivity (Wildman–Crippen MR) is 115 cm³/mol. The molecule has 6 heteroatoms. The van der Waals surface area contributed by atoms with Crippen LogP contribution in [-0.4, -0.2) is 37.0 Å².